The Kier molecular flexibility index (Phi) is 9.25. The van der Waals surface area contributed by atoms with Crippen molar-refractivity contribution in [1.29, 1.82) is 0 Å². The van der Waals surface area contributed by atoms with E-state index in [4.69, 9.17) is 42.3 Å². The van der Waals surface area contributed by atoms with Gasteiger partial charge in [0.05, 0.1) is 77.2 Å². The fourth-order valence-corrected chi connectivity index (χ4v) is 6.05. The smallest absolute Gasteiger partial charge is 0.342 e. The van der Waals surface area contributed by atoms with Gasteiger partial charge in [0.25, 0.3) is 0 Å². The molecule has 1 aromatic heterocycles. The SMILES string of the molecule is COC(=O)c1c(OC)c(OC)cc2c1C(=O)/C(=C(\OC)c1cc3c(=O)c4c(C(=O)OC)c(OC)c(OC)cc4oc3c(C(C)=O)c1C)CO2. The molecule has 0 saturated heterocycles. The van der Waals surface area contributed by atoms with Gasteiger partial charge in [-0.1, -0.05) is 0 Å². The van der Waals surface area contributed by atoms with Crippen LogP contribution in [0.5, 0.6) is 28.7 Å². The third-order valence-corrected chi connectivity index (χ3v) is 8.22. The van der Waals surface area contributed by atoms with Crippen LogP contribution in [-0.4, -0.2) is 79.9 Å². The summed E-state index contributed by atoms with van der Waals surface area (Å²) in [5.74, 6) is -2.85. The lowest BCUT2D eigenvalue weighted by molar-refractivity contribution is 0.0586. The Morgan fingerprint density at radius 1 is 0.735 bits per heavy atom. The van der Waals surface area contributed by atoms with Crippen molar-refractivity contribution in [3.05, 3.63) is 67.4 Å². The van der Waals surface area contributed by atoms with Crippen molar-refractivity contribution < 1.29 is 61.5 Å². The Morgan fingerprint density at radius 3 is 1.88 bits per heavy atom. The number of hydrogen-bond acceptors (Lipinski definition) is 14. The molecule has 3 aromatic carbocycles. The normalized spacial score (nSPS) is 13.3. The zero-order valence-corrected chi connectivity index (χ0v) is 28.2. The number of Topliss-reactive ketones (excluding diaryl/α,β-unsaturated/α-hetero) is 2. The monoisotopic (exact) mass is 676 g/mol. The average Bonchev–Trinajstić information content (AvgIpc) is 3.10. The number of carbonyl (C=O) groups is 4. The van der Waals surface area contributed by atoms with Crippen molar-refractivity contribution in [2.45, 2.75) is 13.8 Å². The Morgan fingerprint density at radius 2 is 1.33 bits per heavy atom. The van der Waals surface area contributed by atoms with Crippen molar-refractivity contribution in [1.82, 2.24) is 0 Å². The fourth-order valence-electron chi connectivity index (χ4n) is 6.05. The van der Waals surface area contributed by atoms with Crippen LogP contribution >= 0.6 is 0 Å². The number of methoxy groups -OCH3 is 7. The number of esters is 2. The van der Waals surface area contributed by atoms with E-state index >= 15 is 0 Å². The van der Waals surface area contributed by atoms with Gasteiger partial charge in [0.15, 0.2) is 28.8 Å². The summed E-state index contributed by atoms with van der Waals surface area (Å²) in [6, 6.07) is 4.18. The maximum atomic E-state index is 14.3. The summed E-state index contributed by atoms with van der Waals surface area (Å²) in [5.41, 5.74) is -1.05. The number of hydrogen-bond donors (Lipinski definition) is 0. The van der Waals surface area contributed by atoms with Crippen LogP contribution in [0.4, 0.5) is 0 Å². The molecule has 5 rings (SSSR count). The van der Waals surface area contributed by atoms with E-state index in [9.17, 15) is 24.0 Å². The summed E-state index contributed by atoms with van der Waals surface area (Å²) in [6.45, 7) is 2.56. The zero-order valence-electron chi connectivity index (χ0n) is 28.2. The second-order valence-electron chi connectivity index (χ2n) is 10.6. The van der Waals surface area contributed by atoms with Crippen molar-refractivity contribution in [3.8, 4) is 28.7 Å². The summed E-state index contributed by atoms with van der Waals surface area (Å²) < 4.78 is 49.4. The number of ether oxygens (including phenoxy) is 8. The van der Waals surface area contributed by atoms with Gasteiger partial charge in [-0.3, -0.25) is 14.4 Å². The minimum absolute atomic E-state index is 0.0160. The van der Waals surface area contributed by atoms with Gasteiger partial charge in [-0.2, -0.15) is 0 Å². The van der Waals surface area contributed by atoms with Crippen molar-refractivity contribution in [2.24, 2.45) is 0 Å². The molecule has 0 amide bonds. The van der Waals surface area contributed by atoms with E-state index < -0.39 is 28.9 Å². The van der Waals surface area contributed by atoms with Crippen LogP contribution in [0.3, 0.4) is 0 Å². The largest absolute Gasteiger partial charge is 0.496 e. The second-order valence-corrected chi connectivity index (χ2v) is 10.6. The van der Waals surface area contributed by atoms with Crippen LogP contribution in [0.15, 0.2) is 33.0 Å². The summed E-state index contributed by atoms with van der Waals surface area (Å²) >= 11 is 0. The van der Waals surface area contributed by atoms with E-state index in [0.29, 0.717) is 5.56 Å². The molecule has 0 saturated carbocycles. The summed E-state index contributed by atoms with van der Waals surface area (Å²) in [6.07, 6.45) is 0. The molecule has 0 atom stereocenters. The van der Waals surface area contributed by atoms with Crippen molar-refractivity contribution in [3.63, 3.8) is 0 Å². The van der Waals surface area contributed by atoms with E-state index in [1.807, 2.05) is 0 Å². The van der Waals surface area contributed by atoms with Gasteiger partial charge in [-0.25, -0.2) is 9.59 Å². The van der Waals surface area contributed by atoms with Gasteiger partial charge in [0.2, 0.25) is 11.2 Å². The highest BCUT2D eigenvalue weighted by Crippen LogP contribution is 2.45. The molecule has 0 unspecified atom stereocenters. The van der Waals surface area contributed by atoms with E-state index in [1.165, 1.54) is 60.7 Å². The molecule has 49 heavy (non-hydrogen) atoms. The predicted octanol–water partition coefficient (Wildman–Crippen LogP) is 4.70. The molecule has 14 nitrogen and oxygen atoms in total. The molecule has 0 radical (unpaired) electrons. The van der Waals surface area contributed by atoms with Crippen LogP contribution in [0.25, 0.3) is 27.7 Å². The van der Waals surface area contributed by atoms with Crippen molar-refractivity contribution >= 4 is 51.2 Å². The molecular weight excluding hydrogens is 644 g/mol. The average molecular weight is 677 g/mol. The predicted molar refractivity (Wildman–Crippen MR) is 174 cm³/mol. The molecule has 14 heteroatoms. The summed E-state index contributed by atoms with van der Waals surface area (Å²) in [5, 5.41) is -0.306. The number of benzene rings is 3. The van der Waals surface area contributed by atoms with E-state index in [2.05, 4.69) is 0 Å². The topological polar surface area (TPSA) is 172 Å². The maximum Gasteiger partial charge on any atom is 0.342 e. The Bertz CT molecular complexity index is 2190. The first-order valence-corrected chi connectivity index (χ1v) is 14.5. The lowest BCUT2D eigenvalue weighted by Gasteiger charge is -2.25. The van der Waals surface area contributed by atoms with Crippen LogP contribution < -0.4 is 29.1 Å². The molecule has 1 aliphatic rings. The lowest BCUT2D eigenvalue weighted by Crippen LogP contribution is -2.25. The first kappa shape index (κ1) is 34.3. The molecule has 2 heterocycles. The minimum Gasteiger partial charge on any atom is -0.496 e. The first-order chi connectivity index (χ1) is 23.4. The molecule has 0 aliphatic carbocycles. The molecule has 0 bridgehead atoms. The quantitative estimate of drug-likeness (QED) is 0.0785. The highest BCUT2D eigenvalue weighted by Gasteiger charge is 2.37. The molecule has 1 aliphatic heterocycles. The third-order valence-electron chi connectivity index (χ3n) is 8.22. The molecule has 0 fully saturated rings. The Balaban J connectivity index is 1.90. The maximum absolute atomic E-state index is 14.3. The Hall–Kier alpha value is -6.05. The highest BCUT2D eigenvalue weighted by molar-refractivity contribution is 6.21. The molecule has 0 spiro atoms. The van der Waals surface area contributed by atoms with Gasteiger partial charge >= 0.3 is 11.9 Å². The van der Waals surface area contributed by atoms with Crippen LogP contribution in [0.2, 0.25) is 0 Å². The second kappa shape index (κ2) is 13.2. The summed E-state index contributed by atoms with van der Waals surface area (Å²) in [7, 11) is 8.89. The minimum atomic E-state index is -0.900. The van der Waals surface area contributed by atoms with Gasteiger partial charge in [-0.05, 0) is 25.5 Å². The van der Waals surface area contributed by atoms with E-state index in [0.717, 1.165) is 14.2 Å². The third kappa shape index (κ3) is 5.25. The number of carbonyl (C=O) groups excluding carboxylic acids is 4. The molecule has 256 valence electrons. The van der Waals surface area contributed by atoms with Crippen molar-refractivity contribution in [2.75, 3.05) is 56.4 Å². The fraction of sp³-hybridized carbons (Fsp3) is 0.286. The summed E-state index contributed by atoms with van der Waals surface area (Å²) in [4.78, 5) is 67.8. The number of ketones is 2. The standard InChI is InChI=1S/C35H32O14/c1-14-16(30(43-5)18-13-48-19-11-21(41-3)32(44-6)26(34(39)46-8)24(19)29(18)38)10-17-28(37)25-20(49-31(17)23(14)15(2)36)12-22(42-4)33(45-7)27(25)35(40)47-9/h10-12H,13H2,1-9H3/b30-18-. The molecular formula is C35H32O14. The zero-order chi connectivity index (χ0) is 35.9. The van der Waals surface area contributed by atoms with Gasteiger partial charge in [0, 0.05) is 17.7 Å². The number of rotatable bonds is 9. The van der Waals surface area contributed by atoms with Crippen LogP contribution in [-0.2, 0) is 14.2 Å². The molecule has 0 N–H and O–H groups in total. The van der Waals surface area contributed by atoms with E-state index in [1.54, 1.807) is 6.92 Å². The number of fused-ring (bicyclic) bond motifs is 3. The van der Waals surface area contributed by atoms with Crippen LogP contribution in [0, 0.1) is 6.92 Å². The highest BCUT2D eigenvalue weighted by atomic mass is 16.5. The molecule has 4 aromatic rings. The van der Waals surface area contributed by atoms with Gasteiger partial charge in [-0.15, -0.1) is 0 Å². The van der Waals surface area contributed by atoms with Gasteiger partial charge < -0.3 is 42.3 Å². The van der Waals surface area contributed by atoms with Crippen LogP contribution in [0.1, 0.15) is 59.5 Å². The van der Waals surface area contributed by atoms with Gasteiger partial charge in [0.1, 0.15) is 40.4 Å². The first-order valence-electron chi connectivity index (χ1n) is 14.5. The Labute approximate surface area is 279 Å². The van der Waals surface area contributed by atoms with E-state index in [-0.39, 0.29) is 96.4 Å². The lowest BCUT2D eigenvalue weighted by atomic mass is 9.89.